The highest BCUT2D eigenvalue weighted by atomic mass is 17.1. The van der Waals surface area contributed by atoms with Crippen LogP contribution < -0.4 is 0 Å². The van der Waals surface area contributed by atoms with Crippen LogP contribution in [-0.4, -0.2) is 11.2 Å². The first-order valence-electron chi connectivity index (χ1n) is 4.83. The predicted molar refractivity (Wildman–Crippen MR) is 57.9 cm³/mol. The lowest BCUT2D eigenvalue weighted by Crippen LogP contribution is -2.18. The van der Waals surface area contributed by atoms with Crippen molar-refractivity contribution in [3.05, 3.63) is 34.9 Å². The van der Waals surface area contributed by atoms with Crippen LogP contribution in [-0.2, 0) is 10.3 Å². The van der Waals surface area contributed by atoms with Gasteiger partial charge in [-0.2, -0.15) is 5.26 Å². The molecule has 1 rings (SSSR count). The largest absolute Gasteiger partial charge is 0.373 e. The molecule has 0 radical (unpaired) electrons. The number of hydrogen-bond acceptors (Lipinski definition) is 3. The first-order chi connectivity index (χ1) is 6.86. The Morgan fingerprint density at radius 1 is 1.33 bits per heavy atom. The van der Waals surface area contributed by atoms with Crippen LogP contribution in [0.4, 0.5) is 0 Å². The van der Waals surface area contributed by atoms with Crippen LogP contribution >= 0.6 is 0 Å². The Morgan fingerprint density at radius 2 is 1.93 bits per heavy atom. The maximum Gasteiger partial charge on any atom is 0.373 e. The van der Waals surface area contributed by atoms with Crippen molar-refractivity contribution in [1.82, 2.24) is 0 Å². The number of aryl methyl sites for hydroxylation is 1. The summed E-state index contributed by atoms with van der Waals surface area (Å²) >= 11 is 0. The molecule has 0 unspecified atom stereocenters. The minimum atomic E-state index is -0.708. The highest BCUT2D eigenvalue weighted by Gasteiger charge is 2.22. The molecular formula is C12H16O3. The van der Waals surface area contributed by atoms with E-state index in [9.17, 15) is 4.79 Å². The van der Waals surface area contributed by atoms with Gasteiger partial charge in [0.15, 0.2) is 0 Å². The van der Waals surface area contributed by atoms with Crippen LogP contribution in [0.15, 0.2) is 18.2 Å². The monoisotopic (exact) mass is 208 g/mol. The van der Waals surface area contributed by atoms with Crippen molar-refractivity contribution in [3.63, 3.8) is 0 Å². The van der Waals surface area contributed by atoms with E-state index in [2.05, 4.69) is 4.89 Å². The van der Waals surface area contributed by atoms with Gasteiger partial charge in [-0.1, -0.05) is 38.5 Å². The molecule has 15 heavy (non-hydrogen) atoms. The van der Waals surface area contributed by atoms with Crippen molar-refractivity contribution in [2.45, 2.75) is 33.1 Å². The second-order valence-corrected chi connectivity index (χ2v) is 4.68. The van der Waals surface area contributed by atoms with Gasteiger partial charge in [0.2, 0.25) is 0 Å². The summed E-state index contributed by atoms with van der Waals surface area (Å²) in [6, 6.07) is 5.43. The summed E-state index contributed by atoms with van der Waals surface area (Å²) < 4.78 is 0. The van der Waals surface area contributed by atoms with Crippen molar-refractivity contribution in [2.24, 2.45) is 0 Å². The normalized spacial score (nSPS) is 11.3. The van der Waals surface area contributed by atoms with Crippen LogP contribution in [0, 0.1) is 6.92 Å². The zero-order valence-electron chi connectivity index (χ0n) is 9.50. The smallest absolute Gasteiger partial charge is 0.295 e. The van der Waals surface area contributed by atoms with E-state index in [1.807, 2.05) is 39.8 Å². The van der Waals surface area contributed by atoms with Crippen LogP contribution in [0.5, 0.6) is 0 Å². The van der Waals surface area contributed by atoms with Gasteiger partial charge in [-0.15, -0.1) is 0 Å². The fourth-order valence-electron chi connectivity index (χ4n) is 1.51. The zero-order chi connectivity index (χ0) is 11.6. The first-order valence-corrected chi connectivity index (χ1v) is 4.83. The third-order valence-corrected chi connectivity index (χ3v) is 2.29. The quantitative estimate of drug-likeness (QED) is 0.570. The van der Waals surface area contributed by atoms with Crippen LogP contribution in [0.2, 0.25) is 0 Å². The molecule has 1 N–H and O–H groups in total. The van der Waals surface area contributed by atoms with Crippen LogP contribution in [0.1, 0.15) is 42.3 Å². The van der Waals surface area contributed by atoms with E-state index in [0.717, 1.165) is 11.1 Å². The molecule has 0 fully saturated rings. The number of carbonyl (C=O) groups excluding carboxylic acids is 1. The lowest BCUT2D eigenvalue weighted by molar-refractivity contribution is -0.182. The third-order valence-electron chi connectivity index (χ3n) is 2.29. The Balaban J connectivity index is 3.33. The minimum Gasteiger partial charge on any atom is -0.295 e. The molecular weight excluding hydrogens is 192 g/mol. The topological polar surface area (TPSA) is 46.5 Å². The van der Waals surface area contributed by atoms with E-state index in [0.29, 0.717) is 5.56 Å². The number of hydrogen-bond donors (Lipinski definition) is 1. The van der Waals surface area contributed by atoms with Gasteiger partial charge in [-0.3, -0.25) is 4.89 Å². The molecule has 0 aliphatic heterocycles. The Morgan fingerprint density at radius 3 is 2.40 bits per heavy atom. The summed E-state index contributed by atoms with van der Waals surface area (Å²) in [6.07, 6.45) is 0. The molecule has 0 atom stereocenters. The van der Waals surface area contributed by atoms with E-state index in [1.54, 1.807) is 6.07 Å². The molecule has 0 aliphatic rings. The number of benzene rings is 1. The van der Waals surface area contributed by atoms with Crippen molar-refractivity contribution in [1.29, 1.82) is 0 Å². The standard InChI is InChI=1S/C12H16O3/c1-8-5-6-9(11(13)15-14)10(7-8)12(2,3)4/h5-7,14H,1-4H3. The van der Waals surface area contributed by atoms with Crippen molar-refractivity contribution in [2.75, 3.05) is 0 Å². The van der Waals surface area contributed by atoms with Gasteiger partial charge < -0.3 is 0 Å². The molecule has 0 aliphatic carbocycles. The fourth-order valence-corrected chi connectivity index (χ4v) is 1.51. The predicted octanol–water partition coefficient (Wildman–Crippen LogP) is 2.92. The second kappa shape index (κ2) is 4.03. The van der Waals surface area contributed by atoms with Crippen molar-refractivity contribution in [3.8, 4) is 0 Å². The van der Waals surface area contributed by atoms with E-state index in [-0.39, 0.29) is 5.41 Å². The minimum absolute atomic E-state index is 0.157. The molecule has 0 saturated carbocycles. The van der Waals surface area contributed by atoms with E-state index >= 15 is 0 Å². The van der Waals surface area contributed by atoms with Crippen molar-refractivity contribution >= 4 is 5.97 Å². The van der Waals surface area contributed by atoms with E-state index in [4.69, 9.17) is 5.26 Å². The maximum atomic E-state index is 11.3. The molecule has 1 aromatic carbocycles. The highest BCUT2D eigenvalue weighted by molar-refractivity contribution is 5.91. The Kier molecular flexibility index (Phi) is 3.15. The summed E-state index contributed by atoms with van der Waals surface area (Å²) in [4.78, 5) is 15.1. The van der Waals surface area contributed by atoms with Gasteiger partial charge in [-0.05, 0) is 24.0 Å². The summed E-state index contributed by atoms with van der Waals surface area (Å²) in [7, 11) is 0. The molecule has 0 saturated heterocycles. The number of rotatable bonds is 1. The Bertz CT molecular complexity index is 375. The lowest BCUT2D eigenvalue weighted by Gasteiger charge is -2.22. The fraction of sp³-hybridized carbons (Fsp3) is 0.417. The first kappa shape index (κ1) is 11.7. The molecule has 0 heterocycles. The summed E-state index contributed by atoms with van der Waals surface area (Å²) in [5.74, 6) is -0.708. The molecule has 3 heteroatoms. The second-order valence-electron chi connectivity index (χ2n) is 4.68. The van der Waals surface area contributed by atoms with Gasteiger partial charge in [0.05, 0.1) is 5.56 Å². The van der Waals surface area contributed by atoms with E-state index in [1.165, 1.54) is 0 Å². The molecule has 3 nitrogen and oxygen atoms in total. The van der Waals surface area contributed by atoms with Gasteiger partial charge in [0, 0.05) is 0 Å². The number of carbonyl (C=O) groups is 1. The highest BCUT2D eigenvalue weighted by Crippen LogP contribution is 2.27. The average molecular weight is 208 g/mol. The SMILES string of the molecule is Cc1ccc(C(=O)OO)c(C(C)(C)C)c1. The molecule has 0 amide bonds. The van der Waals surface area contributed by atoms with Gasteiger partial charge >= 0.3 is 5.97 Å². The van der Waals surface area contributed by atoms with Crippen LogP contribution in [0.25, 0.3) is 0 Å². The lowest BCUT2D eigenvalue weighted by atomic mass is 9.83. The maximum absolute atomic E-state index is 11.3. The van der Waals surface area contributed by atoms with Gasteiger partial charge in [0.1, 0.15) is 0 Å². The molecule has 0 spiro atoms. The van der Waals surface area contributed by atoms with E-state index < -0.39 is 5.97 Å². The molecule has 1 aromatic rings. The molecule has 82 valence electrons. The summed E-state index contributed by atoms with van der Waals surface area (Å²) in [6.45, 7) is 7.99. The Labute approximate surface area is 89.6 Å². The summed E-state index contributed by atoms with van der Waals surface area (Å²) in [5, 5.41) is 8.40. The molecule has 0 bridgehead atoms. The van der Waals surface area contributed by atoms with Gasteiger partial charge in [0.25, 0.3) is 0 Å². The molecule has 0 aromatic heterocycles. The average Bonchev–Trinajstić information content (AvgIpc) is 2.15. The third kappa shape index (κ3) is 2.57. The summed E-state index contributed by atoms with van der Waals surface area (Å²) in [5.41, 5.74) is 2.21. The van der Waals surface area contributed by atoms with Crippen LogP contribution in [0.3, 0.4) is 0 Å². The van der Waals surface area contributed by atoms with Crippen molar-refractivity contribution < 1.29 is 14.9 Å². The zero-order valence-corrected chi connectivity index (χ0v) is 9.50. The Hall–Kier alpha value is -1.35. The van der Waals surface area contributed by atoms with Gasteiger partial charge in [-0.25, -0.2) is 4.79 Å².